The maximum Gasteiger partial charge on any atom is 0.250 e. The molecular weight excluding hydrogens is 261 g/mol. The van der Waals surface area contributed by atoms with Crippen LogP contribution >= 0.6 is 0 Å². The molecule has 1 aromatic rings. The van der Waals surface area contributed by atoms with Crippen molar-refractivity contribution >= 4 is 11.6 Å². The summed E-state index contributed by atoms with van der Waals surface area (Å²) >= 11 is 0. The van der Waals surface area contributed by atoms with Gasteiger partial charge in [0.15, 0.2) is 5.82 Å². The standard InChI is InChI=1S/C15H20FNO3/c1-10-4-2-5-11(8-10)20-9-14(19)17-15-12(16)6-3-7-13(15)18/h3,6-7,10-11,18H,2,4-5,8-9H2,1H3,(H,17,19)/t10-,11-/m1/s1. The smallest absolute Gasteiger partial charge is 0.250 e. The topological polar surface area (TPSA) is 58.6 Å². The van der Waals surface area contributed by atoms with Crippen molar-refractivity contribution < 1.29 is 19.0 Å². The number of hydrogen-bond donors (Lipinski definition) is 2. The van der Waals surface area contributed by atoms with Crippen LogP contribution in [0.15, 0.2) is 18.2 Å². The van der Waals surface area contributed by atoms with Crippen molar-refractivity contribution in [1.82, 2.24) is 0 Å². The fraction of sp³-hybridized carbons (Fsp3) is 0.533. The van der Waals surface area contributed by atoms with Gasteiger partial charge in [-0.3, -0.25) is 4.79 Å². The number of hydrogen-bond acceptors (Lipinski definition) is 3. The largest absolute Gasteiger partial charge is 0.506 e. The first-order valence-corrected chi connectivity index (χ1v) is 6.95. The predicted octanol–water partition coefficient (Wildman–Crippen LogP) is 3.07. The molecule has 0 radical (unpaired) electrons. The number of phenolic OH excluding ortho intramolecular Hbond substituents is 1. The molecule has 110 valence electrons. The van der Waals surface area contributed by atoms with Gasteiger partial charge in [0.05, 0.1) is 6.10 Å². The van der Waals surface area contributed by atoms with E-state index < -0.39 is 11.7 Å². The van der Waals surface area contributed by atoms with Gasteiger partial charge in [-0.05, 0) is 30.9 Å². The summed E-state index contributed by atoms with van der Waals surface area (Å²) in [5.74, 6) is -0.787. The van der Waals surface area contributed by atoms with Crippen molar-refractivity contribution in [2.24, 2.45) is 5.92 Å². The van der Waals surface area contributed by atoms with E-state index in [1.165, 1.54) is 24.6 Å². The van der Waals surface area contributed by atoms with Gasteiger partial charge in [-0.2, -0.15) is 0 Å². The Bertz CT molecular complexity index is 458. The molecular formula is C15H20FNO3. The van der Waals surface area contributed by atoms with Crippen LogP contribution in [0.2, 0.25) is 0 Å². The summed E-state index contributed by atoms with van der Waals surface area (Å²) in [6, 6.07) is 3.88. The summed E-state index contributed by atoms with van der Waals surface area (Å²) in [6.07, 6.45) is 4.33. The molecule has 2 atom stereocenters. The first kappa shape index (κ1) is 14.8. The number of carbonyl (C=O) groups excluding carboxylic acids is 1. The zero-order chi connectivity index (χ0) is 14.5. The third kappa shape index (κ3) is 3.93. The SMILES string of the molecule is C[C@@H]1CCC[C@@H](OCC(=O)Nc2c(O)cccc2F)C1. The summed E-state index contributed by atoms with van der Waals surface area (Å²) in [4.78, 5) is 11.7. The summed E-state index contributed by atoms with van der Waals surface area (Å²) in [5.41, 5.74) is -0.196. The summed E-state index contributed by atoms with van der Waals surface area (Å²) in [7, 11) is 0. The van der Waals surface area contributed by atoms with E-state index in [2.05, 4.69) is 12.2 Å². The molecule has 5 heteroatoms. The van der Waals surface area contributed by atoms with Crippen molar-refractivity contribution in [2.75, 3.05) is 11.9 Å². The molecule has 1 aliphatic carbocycles. The molecule has 0 spiro atoms. The number of halogens is 1. The van der Waals surface area contributed by atoms with Gasteiger partial charge in [-0.25, -0.2) is 4.39 Å². The molecule has 4 nitrogen and oxygen atoms in total. The number of rotatable bonds is 4. The molecule has 1 amide bonds. The Morgan fingerprint density at radius 1 is 1.50 bits per heavy atom. The third-order valence-electron chi connectivity index (χ3n) is 3.59. The van der Waals surface area contributed by atoms with Gasteiger partial charge in [-0.15, -0.1) is 0 Å². The minimum atomic E-state index is -0.662. The number of ether oxygens (including phenoxy) is 1. The maximum atomic E-state index is 13.4. The lowest BCUT2D eigenvalue weighted by Gasteiger charge is -2.26. The maximum absolute atomic E-state index is 13.4. The average molecular weight is 281 g/mol. The minimum Gasteiger partial charge on any atom is -0.506 e. The van der Waals surface area contributed by atoms with Gasteiger partial charge in [0.2, 0.25) is 0 Å². The lowest BCUT2D eigenvalue weighted by atomic mass is 9.89. The van der Waals surface area contributed by atoms with Crippen LogP contribution in [0.1, 0.15) is 32.6 Å². The molecule has 2 rings (SSSR count). The summed E-state index contributed by atoms with van der Waals surface area (Å²) < 4.78 is 19.0. The van der Waals surface area contributed by atoms with Gasteiger partial charge < -0.3 is 15.2 Å². The number of amides is 1. The van der Waals surface area contributed by atoms with Crippen LogP contribution in [0.5, 0.6) is 5.75 Å². The average Bonchev–Trinajstić information content (AvgIpc) is 2.41. The first-order valence-electron chi connectivity index (χ1n) is 6.95. The minimum absolute atomic E-state index is 0.0960. The second-order valence-electron chi connectivity index (χ2n) is 5.39. The number of para-hydroxylation sites is 1. The van der Waals surface area contributed by atoms with Crippen LogP contribution in [-0.4, -0.2) is 23.7 Å². The van der Waals surface area contributed by atoms with E-state index in [1.54, 1.807) is 0 Å². The molecule has 0 heterocycles. The van der Waals surface area contributed by atoms with Crippen molar-refractivity contribution in [3.8, 4) is 5.75 Å². The number of nitrogens with one attached hydrogen (secondary N) is 1. The molecule has 0 unspecified atom stereocenters. The normalized spacial score (nSPS) is 22.5. The monoisotopic (exact) mass is 281 g/mol. The second kappa shape index (κ2) is 6.70. The van der Waals surface area contributed by atoms with Crippen LogP contribution in [0.3, 0.4) is 0 Å². The van der Waals surface area contributed by atoms with Crippen LogP contribution in [0.25, 0.3) is 0 Å². The van der Waals surface area contributed by atoms with Crippen LogP contribution in [-0.2, 0) is 9.53 Å². The second-order valence-corrected chi connectivity index (χ2v) is 5.39. The van der Waals surface area contributed by atoms with E-state index in [1.807, 2.05) is 0 Å². The number of phenols is 1. The highest BCUT2D eigenvalue weighted by atomic mass is 19.1. The van der Waals surface area contributed by atoms with E-state index in [0.717, 1.165) is 19.3 Å². The van der Waals surface area contributed by atoms with Gasteiger partial charge >= 0.3 is 0 Å². The zero-order valence-electron chi connectivity index (χ0n) is 11.6. The Labute approximate surface area is 117 Å². The first-order chi connectivity index (χ1) is 9.56. The lowest BCUT2D eigenvalue weighted by molar-refractivity contribution is -0.123. The Morgan fingerprint density at radius 2 is 2.30 bits per heavy atom. The zero-order valence-corrected chi connectivity index (χ0v) is 11.6. The number of carbonyl (C=O) groups is 1. The summed E-state index contributed by atoms with van der Waals surface area (Å²) in [6.45, 7) is 2.05. The van der Waals surface area contributed by atoms with Crippen LogP contribution < -0.4 is 5.32 Å². The van der Waals surface area contributed by atoms with Gasteiger partial charge in [0.25, 0.3) is 5.91 Å². The van der Waals surface area contributed by atoms with Gasteiger partial charge in [-0.1, -0.05) is 25.8 Å². The van der Waals surface area contributed by atoms with Gasteiger partial charge in [0, 0.05) is 0 Å². The molecule has 1 saturated carbocycles. The number of anilines is 1. The Kier molecular flexibility index (Phi) is 4.95. The fourth-order valence-corrected chi connectivity index (χ4v) is 2.54. The fourth-order valence-electron chi connectivity index (χ4n) is 2.54. The van der Waals surface area contributed by atoms with Crippen LogP contribution in [0.4, 0.5) is 10.1 Å². The quantitative estimate of drug-likeness (QED) is 0.834. The Morgan fingerprint density at radius 3 is 3.00 bits per heavy atom. The number of aromatic hydroxyl groups is 1. The molecule has 0 aliphatic heterocycles. The highest BCUT2D eigenvalue weighted by Gasteiger charge is 2.20. The highest BCUT2D eigenvalue weighted by Crippen LogP contribution is 2.27. The van der Waals surface area contributed by atoms with Crippen molar-refractivity contribution in [2.45, 2.75) is 38.7 Å². The molecule has 0 aromatic heterocycles. The highest BCUT2D eigenvalue weighted by molar-refractivity contribution is 5.93. The molecule has 1 aromatic carbocycles. The van der Waals surface area contributed by atoms with E-state index in [0.29, 0.717) is 5.92 Å². The molecule has 1 fully saturated rings. The van der Waals surface area contributed by atoms with Crippen molar-refractivity contribution in [3.05, 3.63) is 24.0 Å². The lowest BCUT2D eigenvalue weighted by Crippen LogP contribution is -2.27. The van der Waals surface area contributed by atoms with Gasteiger partial charge in [0.1, 0.15) is 18.0 Å². The van der Waals surface area contributed by atoms with Crippen molar-refractivity contribution in [1.29, 1.82) is 0 Å². The molecule has 1 aliphatic rings. The third-order valence-corrected chi connectivity index (χ3v) is 3.59. The summed E-state index contributed by atoms with van der Waals surface area (Å²) in [5, 5.41) is 11.8. The molecule has 0 saturated heterocycles. The predicted molar refractivity (Wildman–Crippen MR) is 74.1 cm³/mol. The Hall–Kier alpha value is -1.62. The van der Waals surface area contributed by atoms with E-state index in [4.69, 9.17) is 4.74 Å². The molecule has 20 heavy (non-hydrogen) atoms. The van der Waals surface area contributed by atoms with E-state index in [-0.39, 0.29) is 24.1 Å². The van der Waals surface area contributed by atoms with Crippen molar-refractivity contribution in [3.63, 3.8) is 0 Å². The molecule has 0 bridgehead atoms. The van der Waals surface area contributed by atoms with E-state index >= 15 is 0 Å². The molecule has 2 N–H and O–H groups in total. The number of benzene rings is 1. The van der Waals surface area contributed by atoms with Crippen LogP contribution in [0, 0.1) is 11.7 Å². The Balaban J connectivity index is 1.83. The van der Waals surface area contributed by atoms with E-state index in [9.17, 15) is 14.3 Å².